The third kappa shape index (κ3) is 3.63. The molecular formula is C10H22N2O. The lowest BCUT2D eigenvalue weighted by molar-refractivity contribution is 0.119. The second-order valence-electron chi connectivity index (χ2n) is 4.01. The molecule has 0 aromatic carbocycles. The molecule has 0 amide bonds. The first kappa shape index (κ1) is 11.0. The van der Waals surface area contributed by atoms with E-state index in [1.165, 1.54) is 12.8 Å². The zero-order valence-corrected chi connectivity index (χ0v) is 9.05. The summed E-state index contributed by atoms with van der Waals surface area (Å²) in [5.74, 6) is 0. The minimum atomic E-state index is 0.670. The molecule has 0 spiro atoms. The number of nitrogens with zero attached hydrogens (tertiary/aromatic N) is 1. The minimum Gasteiger partial charge on any atom is -0.383 e. The highest BCUT2D eigenvalue weighted by molar-refractivity contribution is 4.80. The molecule has 1 aliphatic heterocycles. The van der Waals surface area contributed by atoms with Gasteiger partial charge in [-0.05, 0) is 33.4 Å². The first-order valence-corrected chi connectivity index (χ1v) is 5.16. The molecule has 0 radical (unpaired) electrons. The average molecular weight is 186 g/mol. The van der Waals surface area contributed by atoms with Crippen LogP contribution in [0, 0.1) is 0 Å². The van der Waals surface area contributed by atoms with E-state index in [0.29, 0.717) is 6.04 Å². The molecule has 1 N–H and O–H groups in total. The van der Waals surface area contributed by atoms with Crippen LogP contribution in [-0.4, -0.2) is 50.8 Å². The zero-order valence-electron chi connectivity index (χ0n) is 9.05. The van der Waals surface area contributed by atoms with Crippen molar-refractivity contribution in [2.75, 3.05) is 33.9 Å². The van der Waals surface area contributed by atoms with E-state index in [2.05, 4.69) is 24.2 Å². The number of likely N-dealkylation sites (N-methyl/N-ethyl adjacent to an activating group) is 1. The lowest BCUT2D eigenvalue weighted by atomic mass is 9.99. The van der Waals surface area contributed by atoms with Crippen LogP contribution in [0.15, 0.2) is 0 Å². The van der Waals surface area contributed by atoms with Crippen LogP contribution in [0.4, 0.5) is 0 Å². The Labute approximate surface area is 81.4 Å². The standard InChI is InChI=1S/C10H22N2O/c1-9-8-10(4-5-11-9)12(2)6-7-13-3/h9-11H,4-8H2,1-3H3. The van der Waals surface area contributed by atoms with Crippen LogP contribution >= 0.6 is 0 Å². The van der Waals surface area contributed by atoms with Gasteiger partial charge in [0.05, 0.1) is 6.61 Å². The van der Waals surface area contributed by atoms with Gasteiger partial charge in [0, 0.05) is 25.7 Å². The van der Waals surface area contributed by atoms with Crippen molar-refractivity contribution in [1.29, 1.82) is 0 Å². The molecule has 1 rings (SSSR count). The lowest BCUT2D eigenvalue weighted by Gasteiger charge is -2.34. The molecule has 78 valence electrons. The van der Waals surface area contributed by atoms with Crippen LogP contribution in [-0.2, 0) is 4.74 Å². The Balaban J connectivity index is 2.24. The quantitative estimate of drug-likeness (QED) is 0.699. The van der Waals surface area contributed by atoms with Gasteiger partial charge in [-0.15, -0.1) is 0 Å². The van der Waals surface area contributed by atoms with Crippen LogP contribution in [0.5, 0.6) is 0 Å². The molecule has 0 aliphatic carbocycles. The first-order valence-electron chi connectivity index (χ1n) is 5.16. The molecule has 0 aromatic rings. The molecule has 13 heavy (non-hydrogen) atoms. The predicted octanol–water partition coefficient (Wildman–Crippen LogP) is 0.705. The highest BCUT2D eigenvalue weighted by Crippen LogP contribution is 2.13. The Bertz CT molecular complexity index is 141. The molecule has 1 heterocycles. The van der Waals surface area contributed by atoms with E-state index in [4.69, 9.17) is 4.74 Å². The van der Waals surface area contributed by atoms with Gasteiger partial charge < -0.3 is 15.0 Å². The van der Waals surface area contributed by atoms with Crippen molar-refractivity contribution in [2.45, 2.75) is 31.8 Å². The molecule has 0 bridgehead atoms. The molecule has 1 aliphatic rings. The summed E-state index contributed by atoms with van der Waals surface area (Å²) >= 11 is 0. The van der Waals surface area contributed by atoms with Crippen LogP contribution < -0.4 is 5.32 Å². The Morgan fingerprint density at radius 1 is 1.54 bits per heavy atom. The van der Waals surface area contributed by atoms with Gasteiger partial charge in [0.15, 0.2) is 0 Å². The maximum absolute atomic E-state index is 5.07. The number of ether oxygens (including phenoxy) is 1. The van der Waals surface area contributed by atoms with Crippen molar-refractivity contribution < 1.29 is 4.74 Å². The topological polar surface area (TPSA) is 24.5 Å². The van der Waals surface area contributed by atoms with Crippen molar-refractivity contribution in [1.82, 2.24) is 10.2 Å². The third-order valence-corrected chi connectivity index (χ3v) is 2.87. The van der Waals surface area contributed by atoms with E-state index in [1.807, 2.05) is 0 Å². The summed E-state index contributed by atoms with van der Waals surface area (Å²) in [4.78, 5) is 2.42. The average Bonchev–Trinajstić information content (AvgIpc) is 2.14. The van der Waals surface area contributed by atoms with Gasteiger partial charge in [0.1, 0.15) is 0 Å². The SMILES string of the molecule is COCCN(C)C1CCNC(C)C1. The molecule has 3 heteroatoms. The van der Waals surface area contributed by atoms with Crippen molar-refractivity contribution in [3.8, 4) is 0 Å². The number of methoxy groups -OCH3 is 1. The summed E-state index contributed by atoms with van der Waals surface area (Å²) in [6, 6.07) is 1.41. The summed E-state index contributed by atoms with van der Waals surface area (Å²) in [6.45, 7) is 5.31. The van der Waals surface area contributed by atoms with E-state index in [0.717, 1.165) is 25.7 Å². The molecule has 2 unspecified atom stereocenters. The molecular weight excluding hydrogens is 164 g/mol. The minimum absolute atomic E-state index is 0.670. The van der Waals surface area contributed by atoms with Gasteiger partial charge in [0.2, 0.25) is 0 Å². The number of piperidine rings is 1. The van der Waals surface area contributed by atoms with E-state index >= 15 is 0 Å². The molecule has 3 nitrogen and oxygen atoms in total. The van der Waals surface area contributed by atoms with Gasteiger partial charge >= 0.3 is 0 Å². The summed E-state index contributed by atoms with van der Waals surface area (Å²) in [5.41, 5.74) is 0. The Morgan fingerprint density at radius 2 is 2.31 bits per heavy atom. The summed E-state index contributed by atoms with van der Waals surface area (Å²) in [7, 11) is 3.96. The lowest BCUT2D eigenvalue weighted by Crippen LogP contribution is -2.46. The number of rotatable bonds is 4. The van der Waals surface area contributed by atoms with E-state index in [-0.39, 0.29) is 0 Å². The van der Waals surface area contributed by atoms with Gasteiger partial charge in [-0.1, -0.05) is 0 Å². The normalized spacial score (nSPS) is 29.5. The van der Waals surface area contributed by atoms with Crippen LogP contribution in [0.1, 0.15) is 19.8 Å². The van der Waals surface area contributed by atoms with Gasteiger partial charge in [-0.2, -0.15) is 0 Å². The van der Waals surface area contributed by atoms with Crippen molar-refractivity contribution >= 4 is 0 Å². The second-order valence-corrected chi connectivity index (χ2v) is 4.01. The number of hydrogen-bond donors (Lipinski definition) is 1. The largest absolute Gasteiger partial charge is 0.383 e. The van der Waals surface area contributed by atoms with E-state index in [1.54, 1.807) is 7.11 Å². The maximum atomic E-state index is 5.07. The van der Waals surface area contributed by atoms with Crippen molar-refractivity contribution in [3.05, 3.63) is 0 Å². The third-order valence-electron chi connectivity index (χ3n) is 2.87. The Morgan fingerprint density at radius 3 is 2.92 bits per heavy atom. The fourth-order valence-electron chi connectivity index (χ4n) is 1.92. The van der Waals surface area contributed by atoms with E-state index in [9.17, 15) is 0 Å². The van der Waals surface area contributed by atoms with Gasteiger partial charge in [-0.3, -0.25) is 0 Å². The van der Waals surface area contributed by atoms with Gasteiger partial charge in [0.25, 0.3) is 0 Å². The number of nitrogens with one attached hydrogen (secondary N) is 1. The fourth-order valence-corrected chi connectivity index (χ4v) is 1.92. The molecule has 0 aromatic heterocycles. The Kier molecular flexibility index (Phi) is 4.70. The van der Waals surface area contributed by atoms with Crippen molar-refractivity contribution in [3.63, 3.8) is 0 Å². The van der Waals surface area contributed by atoms with Crippen molar-refractivity contribution in [2.24, 2.45) is 0 Å². The smallest absolute Gasteiger partial charge is 0.0589 e. The Hall–Kier alpha value is -0.120. The highest BCUT2D eigenvalue weighted by Gasteiger charge is 2.21. The van der Waals surface area contributed by atoms with E-state index < -0.39 is 0 Å². The van der Waals surface area contributed by atoms with Crippen LogP contribution in [0.3, 0.4) is 0 Å². The summed E-state index contributed by atoms with van der Waals surface area (Å²) < 4.78 is 5.07. The molecule has 0 saturated carbocycles. The summed E-state index contributed by atoms with van der Waals surface area (Å²) in [5, 5.41) is 3.46. The summed E-state index contributed by atoms with van der Waals surface area (Å²) in [6.07, 6.45) is 2.53. The predicted molar refractivity (Wildman–Crippen MR) is 55.0 cm³/mol. The maximum Gasteiger partial charge on any atom is 0.0589 e. The fraction of sp³-hybridized carbons (Fsp3) is 1.00. The monoisotopic (exact) mass is 186 g/mol. The number of hydrogen-bond acceptors (Lipinski definition) is 3. The molecule has 1 saturated heterocycles. The first-order chi connectivity index (χ1) is 6.24. The zero-order chi connectivity index (χ0) is 9.68. The van der Waals surface area contributed by atoms with Crippen LogP contribution in [0.2, 0.25) is 0 Å². The van der Waals surface area contributed by atoms with Gasteiger partial charge in [-0.25, -0.2) is 0 Å². The molecule has 2 atom stereocenters. The second kappa shape index (κ2) is 5.58. The van der Waals surface area contributed by atoms with Crippen LogP contribution in [0.25, 0.3) is 0 Å². The molecule has 1 fully saturated rings. The highest BCUT2D eigenvalue weighted by atomic mass is 16.5.